The highest BCUT2D eigenvalue weighted by Gasteiger charge is 2.38. The minimum absolute atomic E-state index is 0.0524. The fourth-order valence-corrected chi connectivity index (χ4v) is 5.31. The van der Waals surface area contributed by atoms with Gasteiger partial charge in [0.15, 0.2) is 16.8 Å². The Morgan fingerprint density at radius 2 is 1.56 bits per heavy atom. The van der Waals surface area contributed by atoms with E-state index >= 15 is 0 Å². The molecule has 0 unspecified atom stereocenters. The van der Waals surface area contributed by atoms with Crippen molar-refractivity contribution in [1.29, 1.82) is 0 Å². The summed E-state index contributed by atoms with van der Waals surface area (Å²) >= 11 is 1.41. The lowest BCUT2D eigenvalue weighted by atomic mass is 9.83. The number of allylic oxidation sites excluding steroid dienone is 2. The fourth-order valence-electron chi connectivity index (χ4n) is 4.54. The molecule has 0 amide bonds. The zero-order chi connectivity index (χ0) is 23.7. The van der Waals surface area contributed by atoms with E-state index in [0.717, 1.165) is 28.5 Å². The Morgan fingerprint density at radius 3 is 2.26 bits per heavy atom. The van der Waals surface area contributed by atoms with Crippen LogP contribution >= 0.6 is 11.8 Å². The summed E-state index contributed by atoms with van der Waals surface area (Å²) in [6, 6.07) is 28.3. The quantitative estimate of drug-likeness (QED) is 0.261. The lowest BCUT2D eigenvalue weighted by Crippen LogP contribution is -2.24. The molecule has 1 aromatic heterocycles. The fraction of sp³-hybridized carbons (Fsp3) is 0.179. The first kappa shape index (κ1) is 22.2. The second-order valence-electron chi connectivity index (χ2n) is 8.83. The molecule has 1 aliphatic heterocycles. The number of carbonyl (C=O) groups is 1. The van der Waals surface area contributed by atoms with Gasteiger partial charge in [-0.15, -0.1) is 10.2 Å². The second kappa shape index (κ2) is 8.95. The van der Waals surface area contributed by atoms with Gasteiger partial charge in [-0.05, 0) is 23.8 Å². The summed E-state index contributed by atoms with van der Waals surface area (Å²) < 4.78 is 2.02. The predicted octanol–water partition coefficient (Wildman–Crippen LogP) is 5.91. The van der Waals surface area contributed by atoms with Crippen molar-refractivity contribution in [3.05, 3.63) is 102 Å². The molecule has 0 N–H and O–H groups in total. The predicted molar refractivity (Wildman–Crippen MR) is 138 cm³/mol. The van der Waals surface area contributed by atoms with Crippen LogP contribution < -0.4 is 4.90 Å². The molecule has 0 saturated carbocycles. The van der Waals surface area contributed by atoms with Gasteiger partial charge >= 0.3 is 0 Å². The van der Waals surface area contributed by atoms with E-state index in [9.17, 15) is 4.79 Å². The summed E-state index contributed by atoms with van der Waals surface area (Å²) in [6.07, 6.45) is 1.79. The minimum Gasteiger partial charge on any atom is -0.347 e. The molecular formula is C28H26N4OS. The monoisotopic (exact) mass is 466 g/mol. The molecule has 34 heavy (non-hydrogen) atoms. The Morgan fingerprint density at radius 1 is 0.912 bits per heavy atom. The maximum absolute atomic E-state index is 13.1. The Labute approximate surface area is 204 Å². The maximum Gasteiger partial charge on any atom is 0.196 e. The Kier molecular flexibility index (Phi) is 5.84. The van der Waals surface area contributed by atoms with Crippen LogP contribution in [0, 0.1) is 0 Å². The van der Waals surface area contributed by atoms with Gasteiger partial charge in [-0.3, -0.25) is 9.36 Å². The number of thioether (sulfide) groups is 1. The summed E-state index contributed by atoms with van der Waals surface area (Å²) in [5, 5.41) is 9.60. The maximum atomic E-state index is 13.1. The highest BCUT2D eigenvalue weighted by molar-refractivity contribution is 7.99. The van der Waals surface area contributed by atoms with Crippen molar-refractivity contribution in [3.8, 4) is 17.1 Å². The third-order valence-electron chi connectivity index (χ3n) is 6.26. The van der Waals surface area contributed by atoms with Crippen LogP contribution in [0.3, 0.4) is 0 Å². The Balaban J connectivity index is 1.42. The van der Waals surface area contributed by atoms with Gasteiger partial charge in [-0.1, -0.05) is 92.3 Å². The van der Waals surface area contributed by atoms with E-state index in [2.05, 4.69) is 47.1 Å². The van der Waals surface area contributed by atoms with E-state index in [1.165, 1.54) is 17.3 Å². The van der Waals surface area contributed by atoms with Crippen molar-refractivity contribution in [1.82, 2.24) is 14.8 Å². The number of likely N-dealkylation sites (N-methyl/N-ethyl adjacent to an activating group) is 1. The molecule has 4 aromatic rings. The third-order valence-corrected chi connectivity index (χ3v) is 7.21. The zero-order valence-corrected chi connectivity index (χ0v) is 20.3. The number of benzene rings is 3. The zero-order valence-electron chi connectivity index (χ0n) is 19.5. The van der Waals surface area contributed by atoms with Gasteiger partial charge in [-0.25, -0.2) is 0 Å². The van der Waals surface area contributed by atoms with E-state index in [-0.39, 0.29) is 17.0 Å². The number of hydrogen-bond donors (Lipinski definition) is 0. The lowest BCUT2D eigenvalue weighted by molar-refractivity contribution is -0.112. The molecule has 6 heteroatoms. The number of carbonyl (C=O) groups excluding carboxylic acids is 1. The first-order chi connectivity index (χ1) is 16.5. The molecule has 0 fully saturated rings. The molecule has 2 heterocycles. The Bertz CT molecular complexity index is 1360. The SMILES string of the molecule is CN1C(=CC(=O)CSc2nnc(-c3ccccc3)n2-c2ccccc2)C(C)(C)c2ccccc21. The first-order valence-corrected chi connectivity index (χ1v) is 12.2. The summed E-state index contributed by atoms with van der Waals surface area (Å²) in [7, 11) is 2.03. The molecule has 0 saturated heterocycles. The number of rotatable bonds is 6. The van der Waals surface area contributed by atoms with Gasteiger partial charge in [-0.2, -0.15) is 0 Å². The standard InChI is InChI=1S/C28H26N4OS/c1-28(2)23-16-10-11-17-24(23)31(3)25(28)18-22(33)19-34-27-30-29-26(20-12-6-4-7-13-20)32(27)21-14-8-5-9-15-21/h4-18H,19H2,1-3H3. The molecule has 1 aliphatic rings. The minimum atomic E-state index is -0.226. The summed E-state index contributed by atoms with van der Waals surface area (Å²) in [6.45, 7) is 4.33. The number of fused-ring (bicyclic) bond motifs is 1. The van der Waals surface area contributed by atoms with Crippen LogP contribution in [0.25, 0.3) is 17.1 Å². The van der Waals surface area contributed by atoms with Gasteiger partial charge < -0.3 is 4.90 Å². The van der Waals surface area contributed by atoms with E-state index in [0.29, 0.717) is 5.16 Å². The second-order valence-corrected chi connectivity index (χ2v) is 9.77. The highest BCUT2D eigenvalue weighted by atomic mass is 32.2. The van der Waals surface area contributed by atoms with Crippen molar-refractivity contribution in [3.63, 3.8) is 0 Å². The summed E-state index contributed by atoms with van der Waals surface area (Å²) in [5.41, 5.74) is 5.11. The van der Waals surface area contributed by atoms with Gasteiger partial charge in [0.1, 0.15) is 0 Å². The largest absolute Gasteiger partial charge is 0.347 e. The van der Waals surface area contributed by atoms with Gasteiger partial charge in [0.2, 0.25) is 0 Å². The van der Waals surface area contributed by atoms with E-state index in [4.69, 9.17) is 0 Å². The van der Waals surface area contributed by atoms with Crippen molar-refractivity contribution < 1.29 is 4.79 Å². The normalized spacial score (nSPS) is 15.5. The number of anilines is 1. The molecule has 5 nitrogen and oxygen atoms in total. The Hall–Kier alpha value is -3.64. The van der Waals surface area contributed by atoms with Crippen molar-refractivity contribution in [2.45, 2.75) is 24.4 Å². The van der Waals surface area contributed by atoms with Crippen LogP contribution in [0.15, 0.2) is 102 Å². The smallest absolute Gasteiger partial charge is 0.196 e. The number of ketones is 1. The van der Waals surface area contributed by atoms with Gasteiger partial charge in [0.05, 0.1) is 5.75 Å². The van der Waals surface area contributed by atoms with E-state index in [1.54, 1.807) is 6.08 Å². The molecule has 5 rings (SSSR count). The van der Waals surface area contributed by atoms with Crippen LogP contribution in [0.4, 0.5) is 5.69 Å². The number of para-hydroxylation sites is 2. The molecule has 0 spiro atoms. The van der Waals surface area contributed by atoms with Gasteiger partial charge in [0.25, 0.3) is 0 Å². The number of nitrogens with zero attached hydrogens (tertiary/aromatic N) is 4. The van der Waals surface area contributed by atoms with Crippen LogP contribution in [0.1, 0.15) is 19.4 Å². The highest BCUT2D eigenvalue weighted by Crippen LogP contribution is 2.46. The summed E-state index contributed by atoms with van der Waals surface area (Å²) in [5.74, 6) is 1.09. The third kappa shape index (κ3) is 3.94. The molecule has 0 bridgehead atoms. The molecule has 3 aromatic carbocycles. The van der Waals surface area contributed by atoms with Crippen molar-refractivity contribution in [2.75, 3.05) is 17.7 Å². The van der Waals surface area contributed by atoms with Crippen LogP contribution in [0.2, 0.25) is 0 Å². The lowest BCUT2D eigenvalue weighted by Gasteiger charge is -2.23. The molecular weight excluding hydrogens is 440 g/mol. The average molecular weight is 467 g/mol. The van der Waals surface area contributed by atoms with Crippen LogP contribution in [-0.4, -0.2) is 33.3 Å². The summed E-state index contributed by atoms with van der Waals surface area (Å²) in [4.78, 5) is 15.2. The molecule has 0 atom stereocenters. The topological polar surface area (TPSA) is 51.0 Å². The van der Waals surface area contributed by atoms with Gasteiger partial charge in [0, 0.05) is 41.2 Å². The van der Waals surface area contributed by atoms with Crippen molar-refractivity contribution in [2.24, 2.45) is 0 Å². The van der Waals surface area contributed by atoms with Crippen LogP contribution in [-0.2, 0) is 10.2 Å². The molecule has 0 aliphatic carbocycles. The average Bonchev–Trinajstić information content (AvgIpc) is 3.37. The van der Waals surface area contributed by atoms with E-state index < -0.39 is 0 Å². The van der Waals surface area contributed by atoms with E-state index in [1.807, 2.05) is 78.3 Å². The van der Waals surface area contributed by atoms with Crippen LogP contribution in [0.5, 0.6) is 0 Å². The first-order valence-electron chi connectivity index (χ1n) is 11.2. The van der Waals surface area contributed by atoms with Crippen molar-refractivity contribution >= 4 is 23.2 Å². The number of aromatic nitrogens is 3. The molecule has 0 radical (unpaired) electrons. The number of hydrogen-bond acceptors (Lipinski definition) is 5. The molecule has 170 valence electrons.